The molecule has 19 heavy (non-hydrogen) atoms. The zero-order chi connectivity index (χ0) is 14.0. The zero-order valence-corrected chi connectivity index (χ0v) is 12.3. The predicted molar refractivity (Wildman–Crippen MR) is 77.8 cm³/mol. The van der Waals surface area contributed by atoms with Gasteiger partial charge in [-0.05, 0) is 40.7 Å². The second kappa shape index (κ2) is 5.33. The van der Waals surface area contributed by atoms with Gasteiger partial charge in [-0.1, -0.05) is 0 Å². The molecule has 1 unspecified atom stereocenters. The fourth-order valence-corrected chi connectivity index (χ4v) is 2.69. The molecule has 1 aromatic rings. The number of nitrogens with one attached hydrogen (secondary N) is 1. The van der Waals surface area contributed by atoms with Crippen LogP contribution in [0.5, 0.6) is 0 Å². The first-order valence-corrected chi connectivity index (χ1v) is 6.94. The minimum Gasteiger partial charge on any atom is -0.348 e. The molecule has 0 aliphatic carbocycles. The van der Waals surface area contributed by atoms with Gasteiger partial charge in [-0.2, -0.15) is 0 Å². The standard InChI is InChI=1S/C14H24N4O/c1-14(2,3)18-9-7-16-12(13(18)19)17-8-5-6-11(17)10-15-4/h7,9,11,15H,5-6,8,10H2,1-4H3. The van der Waals surface area contributed by atoms with Gasteiger partial charge in [0.05, 0.1) is 0 Å². The van der Waals surface area contributed by atoms with Gasteiger partial charge in [-0.3, -0.25) is 4.79 Å². The molecule has 1 fully saturated rings. The van der Waals surface area contributed by atoms with Crippen molar-refractivity contribution in [1.29, 1.82) is 0 Å². The molecule has 0 bridgehead atoms. The molecule has 1 saturated heterocycles. The first-order valence-electron chi connectivity index (χ1n) is 6.94. The van der Waals surface area contributed by atoms with Gasteiger partial charge in [0.1, 0.15) is 0 Å². The number of likely N-dealkylation sites (N-methyl/N-ethyl adjacent to an activating group) is 1. The van der Waals surface area contributed by atoms with Crippen molar-refractivity contribution >= 4 is 5.82 Å². The Morgan fingerprint density at radius 2 is 2.21 bits per heavy atom. The lowest BCUT2D eigenvalue weighted by Crippen LogP contribution is -2.43. The molecule has 0 aromatic carbocycles. The van der Waals surface area contributed by atoms with Crippen LogP contribution in [0.3, 0.4) is 0 Å². The van der Waals surface area contributed by atoms with E-state index in [4.69, 9.17) is 0 Å². The van der Waals surface area contributed by atoms with Gasteiger partial charge in [0.15, 0.2) is 5.82 Å². The number of hydrogen-bond acceptors (Lipinski definition) is 4. The summed E-state index contributed by atoms with van der Waals surface area (Å²) < 4.78 is 1.77. The van der Waals surface area contributed by atoms with E-state index in [0.29, 0.717) is 11.9 Å². The number of nitrogens with zero attached hydrogens (tertiary/aromatic N) is 3. The Labute approximate surface area is 114 Å². The zero-order valence-electron chi connectivity index (χ0n) is 12.3. The lowest BCUT2D eigenvalue weighted by atomic mass is 10.1. The summed E-state index contributed by atoms with van der Waals surface area (Å²) in [5.74, 6) is 0.593. The van der Waals surface area contributed by atoms with Crippen molar-refractivity contribution in [2.45, 2.75) is 45.2 Å². The molecule has 1 aliphatic heterocycles. The highest BCUT2D eigenvalue weighted by atomic mass is 16.1. The van der Waals surface area contributed by atoms with E-state index in [9.17, 15) is 4.79 Å². The van der Waals surface area contributed by atoms with Gasteiger partial charge in [0.25, 0.3) is 5.56 Å². The third-order valence-electron chi connectivity index (χ3n) is 3.63. The second-order valence-electron chi connectivity index (χ2n) is 6.14. The van der Waals surface area contributed by atoms with E-state index >= 15 is 0 Å². The summed E-state index contributed by atoms with van der Waals surface area (Å²) in [6, 6.07) is 0.376. The predicted octanol–water partition coefficient (Wildman–Crippen LogP) is 1.19. The van der Waals surface area contributed by atoms with Crippen LogP contribution in [-0.2, 0) is 5.54 Å². The van der Waals surface area contributed by atoms with Crippen molar-refractivity contribution in [3.05, 3.63) is 22.7 Å². The van der Waals surface area contributed by atoms with Gasteiger partial charge in [0.2, 0.25) is 0 Å². The minimum atomic E-state index is -0.215. The summed E-state index contributed by atoms with van der Waals surface area (Å²) in [6.07, 6.45) is 5.75. The highest BCUT2D eigenvalue weighted by Gasteiger charge is 2.28. The number of aromatic nitrogens is 2. The van der Waals surface area contributed by atoms with Crippen molar-refractivity contribution in [3.63, 3.8) is 0 Å². The van der Waals surface area contributed by atoms with Gasteiger partial charge < -0.3 is 14.8 Å². The minimum absolute atomic E-state index is 0.0120. The fraction of sp³-hybridized carbons (Fsp3) is 0.714. The molecule has 2 heterocycles. The molecular formula is C14H24N4O. The van der Waals surface area contributed by atoms with Gasteiger partial charge in [0, 0.05) is 37.1 Å². The number of rotatable bonds is 3. The van der Waals surface area contributed by atoms with Crippen LogP contribution >= 0.6 is 0 Å². The third kappa shape index (κ3) is 2.81. The number of hydrogen-bond donors (Lipinski definition) is 1. The van der Waals surface area contributed by atoms with E-state index in [1.54, 1.807) is 17.0 Å². The summed E-state index contributed by atoms with van der Waals surface area (Å²) in [6.45, 7) is 7.92. The highest BCUT2D eigenvalue weighted by Crippen LogP contribution is 2.21. The molecule has 0 spiro atoms. The monoisotopic (exact) mass is 264 g/mol. The summed E-state index contributed by atoms with van der Waals surface area (Å²) >= 11 is 0. The quantitative estimate of drug-likeness (QED) is 0.891. The maximum Gasteiger partial charge on any atom is 0.293 e. The van der Waals surface area contributed by atoms with Gasteiger partial charge in [-0.15, -0.1) is 0 Å². The summed E-state index contributed by atoms with van der Waals surface area (Å²) in [5, 5.41) is 3.20. The number of anilines is 1. The Hall–Kier alpha value is -1.36. The fourth-order valence-electron chi connectivity index (χ4n) is 2.69. The molecule has 2 rings (SSSR count). The van der Waals surface area contributed by atoms with E-state index in [1.165, 1.54) is 0 Å². The molecule has 1 aliphatic rings. The Morgan fingerprint density at radius 3 is 2.84 bits per heavy atom. The Morgan fingerprint density at radius 1 is 1.47 bits per heavy atom. The average Bonchev–Trinajstić information content (AvgIpc) is 2.76. The van der Waals surface area contributed by atoms with Gasteiger partial charge in [-0.25, -0.2) is 4.98 Å². The first-order chi connectivity index (χ1) is 8.95. The molecule has 0 saturated carbocycles. The maximum absolute atomic E-state index is 12.6. The van der Waals surface area contributed by atoms with Crippen molar-refractivity contribution in [3.8, 4) is 0 Å². The van der Waals surface area contributed by atoms with Crippen molar-refractivity contribution in [2.24, 2.45) is 0 Å². The molecule has 0 radical (unpaired) electrons. The topological polar surface area (TPSA) is 50.2 Å². The van der Waals surface area contributed by atoms with Crippen LogP contribution < -0.4 is 15.8 Å². The van der Waals surface area contributed by atoms with E-state index in [-0.39, 0.29) is 11.1 Å². The summed E-state index contributed by atoms with van der Waals surface area (Å²) in [4.78, 5) is 19.1. The lowest BCUT2D eigenvalue weighted by molar-refractivity contribution is 0.382. The smallest absolute Gasteiger partial charge is 0.293 e. The average molecular weight is 264 g/mol. The van der Waals surface area contributed by atoms with Crippen LogP contribution in [0.25, 0.3) is 0 Å². The van der Waals surface area contributed by atoms with E-state index in [0.717, 1.165) is 25.9 Å². The molecular weight excluding hydrogens is 240 g/mol. The molecule has 1 atom stereocenters. The summed E-state index contributed by atoms with van der Waals surface area (Å²) in [7, 11) is 1.95. The van der Waals surface area contributed by atoms with Crippen LogP contribution in [0.1, 0.15) is 33.6 Å². The molecule has 1 aromatic heterocycles. The maximum atomic E-state index is 12.6. The second-order valence-corrected chi connectivity index (χ2v) is 6.14. The van der Waals surface area contributed by atoms with Crippen molar-refractivity contribution < 1.29 is 0 Å². The largest absolute Gasteiger partial charge is 0.348 e. The Balaban J connectivity index is 2.38. The van der Waals surface area contributed by atoms with Crippen LogP contribution in [0, 0.1) is 0 Å². The molecule has 5 nitrogen and oxygen atoms in total. The molecule has 0 amide bonds. The van der Waals surface area contributed by atoms with Crippen LogP contribution in [0.2, 0.25) is 0 Å². The Kier molecular flexibility index (Phi) is 3.94. The third-order valence-corrected chi connectivity index (χ3v) is 3.63. The summed E-state index contributed by atoms with van der Waals surface area (Å²) in [5.41, 5.74) is -0.203. The molecule has 106 valence electrons. The van der Waals surface area contributed by atoms with E-state index in [1.807, 2.05) is 27.8 Å². The van der Waals surface area contributed by atoms with E-state index < -0.39 is 0 Å². The van der Waals surface area contributed by atoms with Crippen LogP contribution in [0.4, 0.5) is 5.82 Å². The SMILES string of the molecule is CNCC1CCCN1c1nccn(C(C)(C)C)c1=O. The van der Waals surface area contributed by atoms with Gasteiger partial charge >= 0.3 is 0 Å². The lowest BCUT2D eigenvalue weighted by Gasteiger charge is -2.28. The van der Waals surface area contributed by atoms with E-state index in [2.05, 4.69) is 15.2 Å². The molecule has 1 N–H and O–H groups in total. The van der Waals surface area contributed by atoms with Crippen LogP contribution in [0.15, 0.2) is 17.2 Å². The highest BCUT2D eigenvalue weighted by molar-refractivity contribution is 5.39. The van der Waals surface area contributed by atoms with Crippen molar-refractivity contribution in [1.82, 2.24) is 14.9 Å². The Bertz CT molecular complexity index is 489. The van der Waals surface area contributed by atoms with Crippen molar-refractivity contribution in [2.75, 3.05) is 25.0 Å². The first kappa shape index (κ1) is 14.1. The normalized spacial score (nSPS) is 20.0. The molecule has 5 heteroatoms. The van der Waals surface area contributed by atoms with Crippen LogP contribution in [-0.4, -0.2) is 35.7 Å².